The molecular weight excluding hydrogens is 339 g/mol. The molecule has 0 heterocycles. The monoisotopic (exact) mass is 354 g/mol. The Bertz CT molecular complexity index is 629. The molecule has 2 rings (SSSR count). The second-order valence-corrected chi connectivity index (χ2v) is 5.37. The Kier molecular flexibility index (Phi) is 5.20. The maximum atomic E-state index is 13.5. The van der Waals surface area contributed by atoms with E-state index in [0.29, 0.717) is 27.1 Å². The van der Waals surface area contributed by atoms with E-state index in [-0.39, 0.29) is 12.4 Å². The van der Waals surface area contributed by atoms with E-state index in [9.17, 15) is 9.50 Å². The topological polar surface area (TPSA) is 38.7 Å². The second kappa shape index (κ2) is 6.91. The highest BCUT2D eigenvalue weighted by molar-refractivity contribution is 9.10. The number of aliphatic hydroxyl groups is 1. The normalized spacial score (nSPS) is 12.0. The summed E-state index contributed by atoms with van der Waals surface area (Å²) in [5, 5.41) is 9.77. The number of methoxy groups -OCH3 is 1. The number of benzene rings is 2. The molecule has 0 amide bonds. The molecule has 0 aliphatic heterocycles. The van der Waals surface area contributed by atoms with Gasteiger partial charge in [-0.15, -0.1) is 0 Å². The Morgan fingerprint density at radius 2 is 2.05 bits per heavy atom. The number of halogens is 2. The second-order valence-electron chi connectivity index (χ2n) is 4.58. The smallest absolute Gasteiger partial charge is 0.137 e. The van der Waals surface area contributed by atoms with Crippen molar-refractivity contribution in [2.24, 2.45) is 0 Å². The summed E-state index contributed by atoms with van der Waals surface area (Å²) in [5.74, 6) is 0.811. The Morgan fingerprint density at radius 1 is 1.29 bits per heavy atom. The Morgan fingerprint density at radius 3 is 2.71 bits per heavy atom. The standard InChI is InChI=1S/C16H16BrFO3/c1-10(19)13-7-6-12(20-2)8-15(13)21-9-11-4-3-5-14(18)16(11)17/h3-8,10,19H,9H2,1-2H3/t10-/m0/s1. The maximum Gasteiger partial charge on any atom is 0.137 e. The van der Waals surface area contributed by atoms with Crippen molar-refractivity contribution in [2.75, 3.05) is 7.11 Å². The predicted octanol–water partition coefficient (Wildman–Crippen LogP) is 4.23. The van der Waals surface area contributed by atoms with Crippen molar-refractivity contribution in [1.29, 1.82) is 0 Å². The summed E-state index contributed by atoms with van der Waals surface area (Å²) in [6.07, 6.45) is -0.665. The van der Waals surface area contributed by atoms with Gasteiger partial charge in [-0.3, -0.25) is 0 Å². The summed E-state index contributed by atoms with van der Waals surface area (Å²) < 4.78 is 24.7. The van der Waals surface area contributed by atoms with E-state index in [1.807, 2.05) is 0 Å². The molecule has 0 aliphatic carbocycles. The van der Waals surface area contributed by atoms with E-state index in [0.717, 1.165) is 0 Å². The van der Waals surface area contributed by atoms with Crippen LogP contribution in [0.2, 0.25) is 0 Å². The highest BCUT2D eigenvalue weighted by atomic mass is 79.9. The van der Waals surface area contributed by atoms with Crippen LogP contribution in [0.4, 0.5) is 4.39 Å². The van der Waals surface area contributed by atoms with Crippen molar-refractivity contribution in [3.63, 3.8) is 0 Å². The third-order valence-corrected chi connectivity index (χ3v) is 3.97. The van der Waals surface area contributed by atoms with Crippen LogP contribution in [-0.4, -0.2) is 12.2 Å². The molecule has 3 nitrogen and oxygen atoms in total. The average molecular weight is 355 g/mol. The third-order valence-electron chi connectivity index (χ3n) is 3.09. The molecule has 1 N–H and O–H groups in total. The third kappa shape index (κ3) is 3.74. The molecule has 0 unspecified atom stereocenters. The minimum Gasteiger partial charge on any atom is -0.497 e. The van der Waals surface area contributed by atoms with Crippen LogP contribution in [0.1, 0.15) is 24.2 Å². The van der Waals surface area contributed by atoms with Crippen LogP contribution in [0.15, 0.2) is 40.9 Å². The van der Waals surface area contributed by atoms with E-state index in [1.54, 1.807) is 44.4 Å². The number of hydrogen-bond acceptors (Lipinski definition) is 3. The van der Waals surface area contributed by atoms with Crippen LogP contribution in [0.5, 0.6) is 11.5 Å². The van der Waals surface area contributed by atoms with Gasteiger partial charge in [0.15, 0.2) is 0 Å². The first kappa shape index (κ1) is 15.8. The van der Waals surface area contributed by atoms with E-state index in [1.165, 1.54) is 6.07 Å². The summed E-state index contributed by atoms with van der Waals surface area (Å²) in [7, 11) is 1.56. The molecule has 0 saturated carbocycles. The summed E-state index contributed by atoms with van der Waals surface area (Å²) in [6, 6.07) is 9.98. The van der Waals surface area contributed by atoms with Crippen LogP contribution in [0.25, 0.3) is 0 Å². The quantitative estimate of drug-likeness (QED) is 0.873. The Balaban J connectivity index is 2.24. The molecule has 112 valence electrons. The molecule has 21 heavy (non-hydrogen) atoms. The zero-order chi connectivity index (χ0) is 15.4. The summed E-state index contributed by atoms with van der Waals surface area (Å²) in [5.41, 5.74) is 1.35. The van der Waals surface area contributed by atoms with E-state index in [4.69, 9.17) is 9.47 Å². The van der Waals surface area contributed by atoms with Gasteiger partial charge in [-0.05, 0) is 41.1 Å². The summed E-state index contributed by atoms with van der Waals surface area (Å²) in [4.78, 5) is 0. The van der Waals surface area contributed by atoms with Crippen LogP contribution in [-0.2, 0) is 6.61 Å². The van der Waals surface area contributed by atoms with E-state index >= 15 is 0 Å². The average Bonchev–Trinajstić information content (AvgIpc) is 2.48. The molecule has 0 aliphatic rings. The lowest BCUT2D eigenvalue weighted by Crippen LogP contribution is -2.02. The van der Waals surface area contributed by atoms with Crippen molar-refractivity contribution < 1.29 is 19.0 Å². The molecule has 0 saturated heterocycles. The van der Waals surface area contributed by atoms with Crippen molar-refractivity contribution >= 4 is 15.9 Å². The fourth-order valence-electron chi connectivity index (χ4n) is 1.93. The fraction of sp³-hybridized carbons (Fsp3) is 0.250. The lowest BCUT2D eigenvalue weighted by atomic mass is 10.1. The van der Waals surface area contributed by atoms with Gasteiger partial charge in [-0.2, -0.15) is 0 Å². The van der Waals surface area contributed by atoms with Gasteiger partial charge in [0.25, 0.3) is 0 Å². The predicted molar refractivity (Wildman–Crippen MR) is 82.1 cm³/mol. The molecule has 2 aromatic carbocycles. The van der Waals surface area contributed by atoms with Crippen LogP contribution in [0, 0.1) is 5.82 Å². The van der Waals surface area contributed by atoms with Crippen LogP contribution < -0.4 is 9.47 Å². The number of hydrogen-bond donors (Lipinski definition) is 1. The van der Waals surface area contributed by atoms with Crippen molar-refractivity contribution in [2.45, 2.75) is 19.6 Å². The summed E-state index contributed by atoms with van der Waals surface area (Å²) in [6.45, 7) is 1.85. The van der Waals surface area contributed by atoms with Gasteiger partial charge in [0.1, 0.15) is 23.9 Å². The highest BCUT2D eigenvalue weighted by Crippen LogP contribution is 2.31. The minimum absolute atomic E-state index is 0.186. The first-order chi connectivity index (χ1) is 10.0. The van der Waals surface area contributed by atoms with Crippen molar-refractivity contribution in [3.8, 4) is 11.5 Å². The van der Waals surface area contributed by atoms with E-state index < -0.39 is 6.10 Å². The lowest BCUT2D eigenvalue weighted by Gasteiger charge is -2.15. The lowest BCUT2D eigenvalue weighted by molar-refractivity contribution is 0.189. The number of rotatable bonds is 5. The van der Waals surface area contributed by atoms with Crippen molar-refractivity contribution in [3.05, 3.63) is 57.8 Å². The first-order valence-electron chi connectivity index (χ1n) is 6.44. The van der Waals surface area contributed by atoms with Crippen LogP contribution >= 0.6 is 15.9 Å². The molecule has 5 heteroatoms. The SMILES string of the molecule is COc1ccc([C@H](C)O)c(OCc2cccc(F)c2Br)c1. The Labute approximate surface area is 131 Å². The van der Waals surface area contributed by atoms with Gasteiger partial charge in [0.2, 0.25) is 0 Å². The minimum atomic E-state index is -0.665. The van der Waals surface area contributed by atoms with Crippen LogP contribution in [0.3, 0.4) is 0 Å². The molecule has 2 aromatic rings. The van der Waals surface area contributed by atoms with Crippen molar-refractivity contribution in [1.82, 2.24) is 0 Å². The van der Waals surface area contributed by atoms with Gasteiger partial charge < -0.3 is 14.6 Å². The fourth-order valence-corrected chi connectivity index (χ4v) is 2.31. The van der Waals surface area contributed by atoms with Gasteiger partial charge in [-0.25, -0.2) is 4.39 Å². The molecule has 0 spiro atoms. The molecule has 0 aromatic heterocycles. The zero-order valence-corrected chi connectivity index (χ0v) is 13.4. The molecule has 0 radical (unpaired) electrons. The molecule has 0 fully saturated rings. The maximum absolute atomic E-state index is 13.5. The molecule has 0 bridgehead atoms. The van der Waals surface area contributed by atoms with Gasteiger partial charge in [0, 0.05) is 17.2 Å². The van der Waals surface area contributed by atoms with Gasteiger partial charge in [0.05, 0.1) is 17.7 Å². The number of ether oxygens (including phenoxy) is 2. The highest BCUT2D eigenvalue weighted by Gasteiger charge is 2.12. The van der Waals surface area contributed by atoms with Gasteiger partial charge >= 0.3 is 0 Å². The summed E-state index contributed by atoms with van der Waals surface area (Å²) >= 11 is 3.20. The Hall–Kier alpha value is -1.59. The van der Waals surface area contributed by atoms with Gasteiger partial charge in [-0.1, -0.05) is 12.1 Å². The zero-order valence-electron chi connectivity index (χ0n) is 11.8. The largest absolute Gasteiger partial charge is 0.497 e. The first-order valence-corrected chi connectivity index (χ1v) is 7.24. The molecule has 1 atom stereocenters. The molecular formula is C16H16BrFO3. The number of aliphatic hydroxyl groups excluding tert-OH is 1. The van der Waals surface area contributed by atoms with E-state index in [2.05, 4.69) is 15.9 Å².